The minimum Gasteiger partial charge on any atom is -0.226 e. The van der Waals surface area contributed by atoms with Crippen LogP contribution in [0.5, 0.6) is 0 Å². The van der Waals surface area contributed by atoms with Crippen LogP contribution in [0.15, 0.2) is 328 Å². The Labute approximate surface area is 836 Å². The van der Waals surface area contributed by atoms with Gasteiger partial charge in [-0.15, -0.1) is 164 Å². The zero-order valence-electron chi connectivity index (χ0n) is 72.0. The molecule has 123 heavy (non-hydrogen) atoms. The molecular formula is C116H96W7. The van der Waals surface area contributed by atoms with Crippen LogP contribution >= 0.6 is 0 Å². The molecule has 0 aliphatic rings. The molecule has 0 fully saturated rings. The Morgan fingerprint density at radius 2 is 0.537 bits per heavy atom. The van der Waals surface area contributed by atoms with Crippen molar-refractivity contribution in [1.29, 1.82) is 0 Å². The molecule has 0 heterocycles. The van der Waals surface area contributed by atoms with Crippen LogP contribution < -0.4 is 0 Å². The Morgan fingerprint density at radius 3 is 1.03 bits per heavy atom. The quantitative estimate of drug-likeness (QED) is 0.120. The van der Waals surface area contributed by atoms with Crippen molar-refractivity contribution in [3.63, 3.8) is 0 Å². The van der Waals surface area contributed by atoms with Gasteiger partial charge in [-0.1, -0.05) is 182 Å². The molecule has 0 radical (unpaired) electrons. The van der Waals surface area contributed by atoms with Crippen molar-refractivity contribution in [2.24, 2.45) is 0 Å². The molecule has 0 amide bonds. The van der Waals surface area contributed by atoms with Crippen molar-refractivity contribution < 1.29 is 147 Å². The summed E-state index contributed by atoms with van der Waals surface area (Å²) in [5, 5.41) is 0. The maximum Gasteiger partial charge on any atom is 2.00 e. The van der Waals surface area contributed by atoms with E-state index in [9.17, 15) is 0 Å². The van der Waals surface area contributed by atoms with Gasteiger partial charge in [0.25, 0.3) is 0 Å². The van der Waals surface area contributed by atoms with Crippen LogP contribution in [0.1, 0.15) is 77.9 Å². The summed E-state index contributed by atoms with van der Waals surface area (Å²) in [6.45, 7) is 29.3. The molecule has 17 aromatic carbocycles. The number of benzene rings is 17. The predicted octanol–water partition coefficient (Wildman–Crippen LogP) is 30.0. The van der Waals surface area contributed by atoms with Gasteiger partial charge in [0, 0.05) is 0 Å². The topological polar surface area (TPSA) is 0 Å². The molecule has 0 bridgehead atoms. The average molecular weight is 2780 g/mol. The first kappa shape index (κ1) is 107. The number of aryl methyl sites for hydroxylation is 14. The van der Waals surface area contributed by atoms with E-state index in [1.807, 2.05) is 103 Å². The fraction of sp³-hybridized carbons (Fsp3) is 0.121. The third-order valence-electron chi connectivity index (χ3n) is 19.5. The van der Waals surface area contributed by atoms with E-state index < -0.39 is 0 Å². The van der Waals surface area contributed by atoms with E-state index in [2.05, 4.69) is 406 Å². The molecule has 0 unspecified atom stereocenters. The van der Waals surface area contributed by atoms with Crippen LogP contribution in [0, 0.1) is 182 Å². The largest absolute Gasteiger partial charge is 2.00 e. The monoisotopic (exact) mass is 2780 g/mol. The normalized spacial score (nSPS) is 9.74. The second-order valence-electron chi connectivity index (χ2n) is 29.2. The van der Waals surface area contributed by atoms with Crippen LogP contribution in [0.3, 0.4) is 0 Å². The van der Waals surface area contributed by atoms with Crippen molar-refractivity contribution in [2.75, 3.05) is 0 Å². The van der Waals surface area contributed by atoms with E-state index in [1.165, 1.54) is 94.6 Å². The molecule has 0 N–H and O–H groups in total. The molecule has 17 rings (SSSR count). The van der Waals surface area contributed by atoms with E-state index in [1.54, 1.807) is 0 Å². The van der Waals surface area contributed by atoms with E-state index >= 15 is 0 Å². The van der Waals surface area contributed by atoms with E-state index in [4.69, 9.17) is 0 Å². The molecule has 0 nitrogen and oxygen atoms in total. The molecular weight excluding hydrogens is 2680 g/mol. The van der Waals surface area contributed by atoms with Gasteiger partial charge in [-0.25, -0.2) is 77.9 Å². The van der Waals surface area contributed by atoms with Gasteiger partial charge in [0.05, 0.1) is 0 Å². The van der Waals surface area contributed by atoms with E-state index in [0.717, 1.165) is 94.6 Å². The van der Waals surface area contributed by atoms with Gasteiger partial charge in [-0.05, 0) is 20.8 Å². The Balaban J connectivity index is 0.000000300. The minimum atomic E-state index is 0. The summed E-state index contributed by atoms with van der Waals surface area (Å²) in [6.07, 6.45) is 0. The van der Waals surface area contributed by atoms with Crippen LogP contribution in [-0.2, 0) is 147 Å². The van der Waals surface area contributed by atoms with Crippen LogP contribution in [-0.4, -0.2) is 0 Å². The van der Waals surface area contributed by atoms with Crippen LogP contribution in [0.25, 0.3) is 111 Å². The molecule has 17 aromatic rings. The van der Waals surface area contributed by atoms with Gasteiger partial charge in [0.2, 0.25) is 0 Å². The first-order valence-electron chi connectivity index (χ1n) is 39.4. The van der Waals surface area contributed by atoms with Gasteiger partial charge >= 0.3 is 147 Å². The van der Waals surface area contributed by atoms with Crippen LogP contribution in [0.2, 0.25) is 0 Å². The van der Waals surface area contributed by atoms with Gasteiger partial charge < -0.3 is 0 Å². The average Bonchev–Trinajstić information content (AvgIpc) is 0.803. The third kappa shape index (κ3) is 32.5. The molecule has 602 valence electrons. The number of hydrogen-bond donors (Lipinski definition) is 0. The maximum absolute atomic E-state index is 3.38. The Bertz CT molecular complexity index is 5780. The summed E-state index contributed by atoms with van der Waals surface area (Å²) < 4.78 is 0. The molecule has 0 saturated heterocycles. The van der Waals surface area contributed by atoms with Crippen molar-refractivity contribution in [3.05, 3.63) is 490 Å². The minimum absolute atomic E-state index is 0. The van der Waals surface area contributed by atoms with Crippen LogP contribution in [0.4, 0.5) is 0 Å². The predicted molar refractivity (Wildman–Crippen MR) is 489 cm³/mol. The SMILES string of the molecule is Cc1[c-]c(-c2[c-]c(C)ccc2)ccc1.Cc1[c-]c(-c2[c-]ccc(C)c2)ccc1.Cc1[c-]c(-c2[c-]cccc2)c(C)cc1.Cc1[c-]c(-c2[c-]cccc2)ccc1C.Cc1cc[c-]c(-c2[c-]cccc2-c2cccc(C)c2)c1.Cc1cc[c-]c(-c2[c-]cccc2-c2ccccc2C)c1.Cc1ccc(-c2ccc[c-]c2-c2[c-]cccc2C)cc1.[W+2].[W+2].[W+2].[W+2].[W+2].[W+2].[W+2]. The number of rotatable bonds is 10. The second-order valence-corrected chi connectivity index (χ2v) is 29.2. The summed E-state index contributed by atoms with van der Waals surface area (Å²) in [7, 11) is 0. The fourth-order valence-corrected chi connectivity index (χ4v) is 13.2. The first-order chi connectivity index (χ1) is 56.3. The zero-order valence-corrected chi connectivity index (χ0v) is 92.6. The van der Waals surface area contributed by atoms with E-state index in [0.29, 0.717) is 0 Å². The summed E-state index contributed by atoms with van der Waals surface area (Å²) in [4.78, 5) is 0. The molecule has 0 aromatic heterocycles. The van der Waals surface area contributed by atoms with Crippen molar-refractivity contribution in [2.45, 2.75) is 96.9 Å². The van der Waals surface area contributed by atoms with Gasteiger partial charge in [0.15, 0.2) is 0 Å². The Morgan fingerprint density at radius 1 is 0.163 bits per heavy atom. The third-order valence-corrected chi connectivity index (χ3v) is 19.5. The maximum atomic E-state index is 3.38. The molecule has 0 spiro atoms. The van der Waals surface area contributed by atoms with Crippen molar-refractivity contribution in [3.8, 4) is 111 Å². The summed E-state index contributed by atoms with van der Waals surface area (Å²) >= 11 is 0. The van der Waals surface area contributed by atoms with Crippen molar-refractivity contribution >= 4 is 0 Å². The second kappa shape index (κ2) is 55.1. The van der Waals surface area contributed by atoms with Crippen molar-refractivity contribution in [1.82, 2.24) is 0 Å². The summed E-state index contributed by atoms with van der Waals surface area (Å²) in [6, 6.07) is 158. The molecule has 0 aliphatic carbocycles. The Kier molecular flexibility index (Phi) is 47.9. The summed E-state index contributed by atoms with van der Waals surface area (Å²) in [5.74, 6) is 0. The fourth-order valence-electron chi connectivity index (χ4n) is 13.2. The molecule has 0 aliphatic heterocycles. The molecule has 7 heteroatoms. The van der Waals surface area contributed by atoms with Gasteiger partial charge in [0.1, 0.15) is 0 Å². The summed E-state index contributed by atoms with van der Waals surface area (Å²) in [5.41, 5.74) is 40.2. The van der Waals surface area contributed by atoms with Gasteiger partial charge in [-0.3, -0.25) is 0 Å². The smallest absolute Gasteiger partial charge is 0.226 e. The Hall–Kier alpha value is -8.44. The zero-order chi connectivity index (χ0) is 81.7. The van der Waals surface area contributed by atoms with E-state index in [-0.39, 0.29) is 147 Å². The van der Waals surface area contributed by atoms with Gasteiger partial charge in [-0.2, -0.15) is 254 Å². The first-order valence-corrected chi connectivity index (χ1v) is 39.4. The standard InChI is InChI=1S/3C20H16.4C14H12.7W/c1-15-7-5-9-17(13-15)19-11-3-4-12-20(19)18-10-6-8-16(2)14-18;1-15-8-7-10-17(14-15)19-12-5-6-13-20(19)18-11-4-3-9-16(18)2;1-15-11-13-17(14-12-15)19-9-5-6-10-20(19)18-8-4-3-7-16(18)2;2*1-11-5-3-7-13(9-11)14-8-4-6-12(2)10-14;1-11-8-9-14(10-12(11)2)13-6-4-3-5-7-13;1-11-8-9-12(2)14(10-11)13-6-4-3-5-7-13;;;;;;;/h2*3-9,11,13-14H,1-2H3;3-7,9,11-14H,1-2H3;3-7,10H,1-2H3;3-8H,1-2H3;2*3-6,8-9H,1-2H3;;;;;;;/q7*-2;7*+2. The number of hydrogen-bond acceptors (Lipinski definition) is 0. The molecule has 0 saturated carbocycles. The molecule has 0 atom stereocenters.